The fourth-order valence-corrected chi connectivity index (χ4v) is 2.78. The van der Waals surface area contributed by atoms with Crippen LogP contribution in [0.1, 0.15) is 20.7 Å². The lowest BCUT2D eigenvalue weighted by Gasteiger charge is -2.19. The van der Waals surface area contributed by atoms with E-state index in [1.165, 1.54) is 48.3 Å². The predicted octanol–water partition coefficient (Wildman–Crippen LogP) is 2.06. The van der Waals surface area contributed by atoms with Gasteiger partial charge in [0.2, 0.25) is 0 Å². The molecule has 0 atom stereocenters. The molecule has 2 aromatic rings. The number of carboxylic acids is 1. The van der Waals surface area contributed by atoms with Crippen LogP contribution in [0, 0.1) is 0 Å². The fraction of sp³-hybridized carbons (Fsp3) is 0.125. The first-order chi connectivity index (χ1) is 10.7. The smallest absolute Gasteiger partial charge is 0.337 e. The zero-order valence-electron chi connectivity index (χ0n) is 12.6. The van der Waals surface area contributed by atoms with Crippen molar-refractivity contribution in [3.05, 3.63) is 59.7 Å². The van der Waals surface area contributed by atoms with E-state index in [1.54, 1.807) is 12.1 Å². The van der Waals surface area contributed by atoms with Crippen LogP contribution in [0.15, 0.2) is 53.4 Å². The minimum absolute atomic E-state index is 0.0115. The summed E-state index contributed by atoms with van der Waals surface area (Å²) in [5, 5.41) is 9.20. The Labute approximate surface area is 133 Å². The van der Waals surface area contributed by atoms with Crippen molar-refractivity contribution in [2.24, 2.45) is 0 Å². The van der Waals surface area contributed by atoms with E-state index < -0.39 is 21.7 Å². The van der Waals surface area contributed by atoms with Crippen molar-refractivity contribution in [2.75, 3.05) is 18.2 Å². The van der Waals surface area contributed by atoms with Crippen molar-refractivity contribution in [3.63, 3.8) is 0 Å². The molecule has 0 aromatic heterocycles. The maximum absolute atomic E-state index is 12.5. The average molecular weight is 333 g/mol. The van der Waals surface area contributed by atoms with Gasteiger partial charge in [-0.2, -0.15) is 0 Å². The molecule has 0 bridgehead atoms. The Morgan fingerprint density at radius 3 is 2.30 bits per heavy atom. The molecule has 0 aliphatic rings. The van der Waals surface area contributed by atoms with E-state index in [-0.39, 0.29) is 21.7 Å². The van der Waals surface area contributed by atoms with Crippen molar-refractivity contribution >= 4 is 27.4 Å². The molecule has 6 nitrogen and oxygen atoms in total. The van der Waals surface area contributed by atoms with Gasteiger partial charge in [-0.15, -0.1) is 0 Å². The highest BCUT2D eigenvalue weighted by atomic mass is 32.2. The highest BCUT2D eigenvalue weighted by molar-refractivity contribution is 7.90. The van der Waals surface area contributed by atoms with Crippen LogP contribution in [0.25, 0.3) is 0 Å². The Balaban J connectivity index is 2.44. The summed E-state index contributed by atoms with van der Waals surface area (Å²) in [7, 11) is -1.99. The molecule has 1 N–H and O–H groups in total. The third-order valence-electron chi connectivity index (χ3n) is 3.31. The van der Waals surface area contributed by atoms with Crippen molar-refractivity contribution < 1.29 is 23.1 Å². The van der Waals surface area contributed by atoms with Crippen LogP contribution in [0.2, 0.25) is 0 Å². The van der Waals surface area contributed by atoms with Crippen LogP contribution < -0.4 is 4.90 Å². The van der Waals surface area contributed by atoms with Gasteiger partial charge in [-0.05, 0) is 30.3 Å². The predicted molar refractivity (Wildman–Crippen MR) is 85.7 cm³/mol. The summed E-state index contributed by atoms with van der Waals surface area (Å²) in [6.45, 7) is 0. The van der Waals surface area contributed by atoms with E-state index in [0.717, 1.165) is 6.26 Å². The summed E-state index contributed by atoms with van der Waals surface area (Å²) in [4.78, 5) is 25.0. The zero-order chi connectivity index (χ0) is 17.2. The molecular weight excluding hydrogens is 318 g/mol. The maximum atomic E-state index is 12.5. The van der Waals surface area contributed by atoms with Gasteiger partial charge in [-0.3, -0.25) is 4.79 Å². The number of sulfone groups is 1. The molecule has 0 aliphatic carbocycles. The number of para-hydroxylation sites is 1. The number of carbonyl (C=O) groups excluding carboxylic acids is 1. The Morgan fingerprint density at radius 2 is 1.70 bits per heavy atom. The number of aromatic carboxylic acids is 1. The topological polar surface area (TPSA) is 91.8 Å². The first kappa shape index (κ1) is 16.7. The minimum Gasteiger partial charge on any atom is -0.478 e. The van der Waals surface area contributed by atoms with Crippen molar-refractivity contribution in [3.8, 4) is 0 Å². The summed E-state index contributed by atoms with van der Waals surface area (Å²) < 4.78 is 23.2. The second-order valence-electron chi connectivity index (χ2n) is 4.99. The van der Waals surface area contributed by atoms with Crippen molar-refractivity contribution in [1.29, 1.82) is 0 Å². The molecule has 0 aliphatic heterocycles. The van der Waals surface area contributed by atoms with Crippen molar-refractivity contribution in [2.45, 2.75) is 4.90 Å². The number of hydrogen-bond donors (Lipinski definition) is 1. The molecule has 2 aromatic carbocycles. The van der Waals surface area contributed by atoms with Crippen molar-refractivity contribution in [1.82, 2.24) is 0 Å². The fourth-order valence-electron chi connectivity index (χ4n) is 2.11. The molecule has 1 amide bonds. The largest absolute Gasteiger partial charge is 0.478 e. The number of rotatable bonds is 4. The summed E-state index contributed by atoms with van der Waals surface area (Å²) in [5.41, 5.74) is 0.382. The first-order valence-electron chi connectivity index (χ1n) is 6.62. The lowest BCUT2D eigenvalue weighted by molar-refractivity contribution is 0.0697. The second-order valence-corrected chi connectivity index (χ2v) is 7.00. The summed E-state index contributed by atoms with van der Waals surface area (Å²) in [6.07, 6.45) is 1.06. The van der Waals surface area contributed by atoms with E-state index in [1.807, 2.05) is 0 Å². The molecule has 0 unspecified atom stereocenters. The van der Waals surface area contributed by atoms with E-state index in [0.29, 0.717) is 0 Å². The summed E-state index contributed by atoms with van der Waals surface area (Å²) >= 11 is 0. The first-order valence-corrected chi connectivity index (χ1v) is 8.51. The Morgan fingerprint density at radius 1 is 1.04 bits per heavy atom. The quantitative estimate of drug-likeness (QED) is 0.925. The third-order valence-corrected chi connectivity index (χ3v) is 4.42. The van der Waals surface area contributed by atoms with E-state index >= 15 is 0 Å². The number of anilines is 1. The molecule has 2 rings (SSSR count). The molecule has 0 radical (unpaired) electrons. The Bertz CT molecular complexity index is 874. The number of benzene rings is 2. The number of carbonyl (C=O) groups is 2. The minimum atomic E-state index is -3.44. The Kier molecular flexibility index (Phi) is 4.51. The standard InChI is InChI=1S/C16H15NO5S/c1-17(14-9-4-3-8-13(14)16(19)20)15(18)11-6-5-7-12(10-11)23(2,21)22/h3-10H,1-2H3,(H,19,20). The van der Waals surface area contributed by atoms with Gasteiger partial charge >= 0.3 is 5.97 Å². The number of hydrogen-bond acceptors (Lipinski definition) is 4. The van der Waals surface area contributed by atoms with Crippen LogP contribution in [-0.4, -0.2) is 38.7 Å². The lowest BCUT2D eigenvalue weighted by Crippen LogP contribution is -2.28. The zero-order valence-corrected chi connectivity index (χ0v) is 13.4. The lowest BCUT2D eigenvalue weighted by atomic mass is 10.1. The molecular formula is C16H15NO5S. The van der Waals surface area contributed by atoms with Gasteiger partial charge in [0.25, 0.3) is 5.91 Å². The maximum Gasteiger partial charge on any atom is 0.337 e. The monoisotopic (exact) mass is 333 g/mol. The highest BCUT2D eigenvalue weighted by Gasteiger charge is 2.20. The molecule has 7 heteroatoms. The van der Waals surface area contributed by atoms with E-state index in [9.17, 15) is 23.1 Å². The van der Waals surface area contributed by atoms with Gasteiger partial charge in [0.05, 0.1) is 16.1 Å². The van der Waals surface area contributed by atoms with Gasteiger partial charge in [-0.25, -0.2) is 13.2 Å². The summed E-state index contributed by atoms with van der Waals surface area (Å²) in [6, 6.07) is 11.7. The SMILES string of the molecule is CN(C(=O)c1cccc(S(C)(=O)=O)c1)c1ccccc1C(=O)O. The van der Waals surface area contributed by atoms with Crippen LogP contribution in [0.4, 0.5) is 5.69 Å². The normalized spacial score (nSPS) is 11.0. The molecule has 120 valence electrons. The number of nitrogens with zero attached hydrogens (tertiary/aromatic N) is 1. The summed E-state index contributed by atoms with van der Waals surface area (Å²) in [5.74, 6) is -1.64. The average Bonchev–Trinajstić information content (AvgIpc) is 2.52. The molecule has 0 heterocycles. The number of amides is 1. The third kappa shape index (κ3) is 3.57. The second kappa shape index (κ2) is 6.21. The van der Waals surface area contributed by atoms with Gasteiger partial charge in [-0.1, -0.05) is 18.2 Å². The molecule has 0 fully saturated rings. The van der Waals surface area contributed by atoms with E-state index in [2.05, 4.69) is 0 Å². The highest BCUT2D eigenvalue weighted by Crippen LogP contribution is 2.22. The molecule has 0 saturated carbocycles. The van der Waals surface area contributed by atoms with Gasteiger partial charge in [0.1, 0.15) is 0 Å². The number of carboxylic acid groups (broad SMARTS) is 1. The van der Waals surface area contributed by atoms with Crippen LogP contribution in [0.5, 0.6) is 0 Å². The van der Waals surface area contributed by atoms with Gasteiger partial charge in [0.15, 0.2) is 9.84 Å². The van der Waals surface area contributed by atoms with Crippen LogP contribution in [-0.2, 0) is 9.84 Å². The molecule has 23 heavy (non-hydrogen) atoms. The Hall–Kier alpha value is -2.67. The molecule has 0 saturated heterocycles. The van der Waals surface area contributed by atoms with E-state index in [4.69, 9.17) is 0 Å². The molecule has 0 spiro atoms. The van der Waals surface area contributed by atoms with Crippen LogP contribution in [0.3, 0.4) is 0 Å². The van der Waals surface area contributed by atoms with Crippen LogP contribution >= 0.6 is 0 Å². The van der Waals surface area contributed by atoms with Gasteiger partial charge < -0.3 is 10.0 Å². The van der Waals surface area contributed by atoms with Gasteiger partial charge in [0, 0.05) is 18.9 Å².